The Morgan fingerprint density at radius 2 is 1.84 bits per heavy atom. The van der Waals surface area contributed by atoms with Gasteiger partial charge in [0.15, 0.2) is 0 Å². The van der Waals surface area contributed by atoms with Gasteiger partial charge in [0, 0.05) is 25.2 Å². The zero-order valence-electron chi connectivity index (χ0n) is 11.4. The molecule has 1 saturated heterocycles. The summed E-state index contributed by atoms with van der Waals surface area (Å²) in [5.74, 6) is 2.69. The van der Waals surface area contributed by atoms with Crippen LogP contribution < -0.4 is 16.0 Å². The van der Waals surface area contributed by atoms with Crippen LogP contribution in [-0.2, 0) is 0 Å². The molecule has 2 fully saturated rings. The molecule has 0 radical (unpaired) electrons. The minimum Gasteiger partial charge on any atom is -0.370 e. The quantitative estimate of drug-likeness (QED) is 0.729. The van der Waals surface area contributed by atoms with Crippen LogP contribution in [0.2, 0.25) is 0 Å². The molecule has 5 heteroatoms. The normalized spacial score (nSPS) is 23.1. The molecule has 1 aliphatic heterocycles. The standard InChI is InChI=1S/C14H23N5/c1-3-11(4-1)8-16-13-7-14(19-10-18-13)17-9-12-5-2-6-15-12/h7,10-12,15H,1-6,8-9H2,(H2,16,17,18,19). The molecule has 0 amide bonds. The molecule has 0 aromatic carbocycles. The van der Waals surface area contributed by atoms with E-state index < -0.39 is 0 Å². The molecule has 104 valence electrons. The topological polar surface area (TPSA) is 61.9 Å². The molecule has 2 heterocycles. The van der Waals surface area contributed by atoms with Crippen molar-refractivity contribution in [3.05, 3.63) is 12.4 Å². The van der Waals surface area contributed by atoms with Crippen LogP contribution in [0.1, 0.15) is 32.1 Å². The van der Waals surface area contributed by atoms with E-state index in [1.54, 1.807) is 6.33 Å². The van der Waals surface area contributed by atoms with Gasteiger partial charge >= 0.3 is 0 Å². The Morgan fingerprint density at radius 1 is 1.05 bits per heavy atom. The zero-order chi connectivity index (χ0) is 12.9. The third kappa shape index (κ3) is 3.56. The highest BCUT2D eigenvalue weighted by atomic mass is 15.1. The van der Waals surface area contributed by atoms with Crippen molar-refractivity contribution in [2.24, 2.45) is 5.92 Å². The van der Waals surface area contributed by atoms with Gasteiger partial charge in [0.1, 0.15) is 18.0 Å². The molecule has 0 spiro atoms. The number of aromatic nitrogens is 2. The molecule has 19 heavy (non-hydrogen) atoms. The Kier molecular flexibility index (Phi) is 4.13. The highest BCUT2D eigenvalue weighted by Crippen LogP contribution is 2.26. The summed E-state index contributed by atoms with van der Waals surface area (Å²) in [7, 11) is 0. The van der Waals surface area contributed by atoms with E-state index in [2.05, 4.69) is 25.9 Å². The maximum Gasteiger partial charge on any atom is 0.131 e. The lowest BCUT2D eigenvalue weighted by Gasteiger charge is -2.25. The van der Waals surface area contributed by atoms with Gasteiger partial charge in [-0.05, 0) is 38.1 Å². The van der Waals surface area contributed by atoms with Crippen molar-refractivity contribution < 1.29 is 0 Å². The van der Waals surface area contributed by atoms with Gasteiger partial charge in [-0.2, -0.15) is 0 Å². The highest BCUT2D eigenvalue weighted by Gasteiger charge is 2.17. The molecule has 3 rings (SSSR count). The van der Waals surface area contributed by atoms with Crippen molar-refractivity contribution in [3.8, 4) is 0 Å². The van der Waals surface area contributed by atoms with Crippen molar-refractivity contribution >= 4 is 11.6 Å². The molecule has 1 aromatic heterocycles. The predicted molar refractivity (Wildman–Crippen MR) is 77.4 cm³/mol. The van der Waals surface area contributed by atoms with Crippen LogP contribution in [0.15, 0.2) is 12.4 Å². The second kappa shape index (κ2) is 6.19. The Hall–Kier alpha value is -1.36. The molecule has 1 unspecified atom stereocenters. The molecule has 5 nitrogen and oxygen atoms in total. The molecule has 2 aliphatic rings. The van der Waals surface area contributed by atoms with Gasteiger partial charge in [0.25, 0.3) is 0 Å². The minimum absolute atomic E-state index is 0.585. The number of hydrogen-bond donors (Lipinski definition) is 3. The monoisotopic (exact) mass is 261 g/mol. The first-order valence-electron chi connectivity index (χ1n) is 7.43. The number of nitrogens with one attached hydrogen (secondary N) is 3. The largest absolute Gasteiger partial charge is 0.370 e. The SMILES string of the molecule is c1nc(NCC2CCC2)cc(NCC2CCCN2)n1. The van der Waals surface area contributed by atoms with Gasteiger partial charge < -0.3 is 16.0 Å². The number of anilines is 2. The van der Waals surface area contributed by atoms with E-state index >= 15 is 0 Å². The summed E-state index contributed by atoms with van der Waals surface area (Å²) in [4.78, 5) is 8.54. The Balaban J connectivity index is 1.47. The summed E-state index contributed by atoms with van der Waals surface area (Å²) in [6, 6.07) is 2.59. The van der Waals surface area contributed by atoms with Crippen LogP contribution >= 0.6 is 0 Å². The second-order valence-corrected chi connectivity index (χ2v) is 5.64. The fourth-order valence-electron chi connectivity index (χ4n) is 2.66. The van der Waals surface area contributed by atoms with Gasteiger partial charge in [-0.15, -0.1) is 0 Å². The first-order chi connectivity index (χ1) is 9.40. The van der Waals surface area contributed by atoms with Crippen LogP contribution in [0, 0.1) is 5.92 Å². The lowest BCUT2D eigenvalue weighted by molar-refractivity contribution is 0.333. The van der Waals surface area contributed by atoms with Crippen molar-refractivity contribution in [1.29, 1.82) is 0 Å². The van der Waals surface area contributed by atoms with Crippen LogP contribution in [-0.4, -0.2) is 35.6 Å². The molecule has 1 saturated carbocycles. The summed E-state index contributed by atoms with van der Waals surface area (Å²) in [6.45, 7) is 3.13. The van der Waals surface area contributed by atoms with E-state index in [0.717, 1.165) is 37.2 Å². The summed E-state index contributed by atoms with van der Waals surface area (Å²) in [5.41, 5.74) is 0. The first kappa shape index (κ1) is 12.7. The van der Waals surface area contributed by atoms with Crippen molar-refractivity contribution in [1.82, 2.24) is 15.3 Å². The third-order valence-corrected chi connectivity index (χ3v) is 4.16. The smallest absolute Gasteiger partial charge is 0.131 e. The lowest BCUT2D eigenvalue weighted by Crippen LogP contribution is -2.29. The maximum absolute atomic E-state index is 4.27. The van der Waals surface area contributed by atoms with Crippen LogP contribution in [0.5, 0.6) is 0 Å². The van der Waals surface area contributed by atoms with E-state index in [4.69, 9.17) is 0 Å². The molecule has 0 bridgehead atoms. The minimum atomic E-state index is 0.585. The van der Waals surface area contributed by atoms with E-state index in [-0.39, 0.29) is 0 Å². The molecule has 1 atom stereocenters. The lowest BCUT2D eigenvalue weighted by atomic mass is 9.85. The molecular formula is C14H23N5. The van der Waals surface area contributed by atoms with E-state index in [0.29, 0.717) is 6.04 Å². The maximum atomic E-state index is 4.27. The highest BCUT2D eigenvalue weighted by molar-refractivity contribution is 5.46. The first-order valence-corrected chi connectivity index (χ1v) is 7.43. The van der Waals surface area contributed by atoms with Gasteiger partial charge in [0.2, 0.25) is 0 Å². The van der Waals surface area contributed by atoms with Crippen LogP contribution in [0.25, 0.3) is 0 Å². The summed E-state index contributed by atoms with van der Waals surface area (Å²) in [6.07, 6.45) is 8.27. The number of hydrogen-bond acceptors (Lipinski definition) is 5. The Labute approximate surface area is 114 Å². The van der Waals surface area contributed by atoms with Gasteiger partial charge in [-0.3, -0.25) is 0 Å². The third-order valence-electron chi connectivity index (χ3n) is 4.16. The van der Waals surface area contributed by atoms with Crippen LogP contribution in [0.4, 0.5) is 11.6 Å². The average Bonchev–Trinajstić information content (AvgIpc) is 2.88. The van der Waals surface area contributed by atoms with E-state index in [9.17, 15) is 0 Å². The molecular weight excluding hydrogens is 238 g/mol. The van der Waals surface area contributed by atoms with Crippen molar-refractivity contribution in [2.45, 2.75) is 38.1 Å². The fourth-order valence-corrected chi connectivity index (χ4v) is 2.66. The molecule has 1 aromatic rings. The fraction of sp³-hybridized carbons (Fsp3) is 0.714. The summed E-state index contributed by atoms with van der Waals surface area (Å²) < 4.78 is 0. The van der Waals surface area contributed by atoms with Crippen molar-refractivity contribution in [3.63, 3.8) is 0 Å². The van der Waals surface area contributed by atoms with Crippen LogP contribution in [0.3, 0.4) is 0 Å². The van der Waals surface area contributed by atoms with Gasteiger partial charge in [-0.25, -0.2) is 9.97 Å². The predicted octanol–water partition coefficient (Wildman–Crippen LogP) is 1.85. The van der Waals surface area contributed by atoms with Crippen molar-refractivity contribution in [2.75, 3.05) is 30.3 Å². The average molecular weight is 261 g/mol. The molecule has 1 aliphatic carbocycles. The Morgan fingerprint density at radius 3 is 2.47 bits per heavy atom. The zero-order valence-corrected chi connectivity index (χ0v) is 11.4. The summed E-state index contributed by atoms with van der Waals surface area (Å²) >= 11 is 0. The molecule has 3 N–H and O–H groups in total. The van der Waals surface area contributed by atoms with E-state index in [1.807, 2.05) is 6.07 Å². The van der Waals surface area contributed by atoms with E-state index in [1.165, 1.54) is 32.1 Å². The second-order valence-electron chi connectivity index (χ2n) is 5.64. The number of rotatable bonds is 6. The Bertz CT molecular complexity index is 399. The number of nitrogens with zero attached hydrogens (tertiary/aromatic N) is 2. The van der Waals surface area contributed by atoms with Gasteiger partial charge in [0.05, 0.1) is 0 Å². The summed E-state index contributed by atoms with van der Waals surface area (Å²) in [5, 5.41) is 10.3. The van der Waals surface area contributed by atoms with Gasteiger partial charge in [-0.1, -0.05) is 6.42 Å².